The molecule has 0 N–H and O–H groups in total. The molecule has 0 atom stereocenters. The molecule has 124 valence electrons. The van der Waals surface area contributed by atoms with Crippen molar-refractivity contribution in [3.8, 4) is 0 Å². The average molecular weight is 326 g/mol. The predicted octanol–water partition coefficient (Wildman–Crippen LogP) is 2.65. The van der Waals surface area contributed by atoms with E-state index < -0.39 is 4.92 Å². The second kappa shape index (κ2) is 6.27. The summed E-state index contributed by atoms with van der Waals surface area (Å²) in [5.41, 5.74) is 2.05. The van der Waals surface area contributed by atoms with Crippen LogP contribution in [0, 0.1) is 10.1 Å². The summed E-state index contributed by atoms with van der Waals surface area (Å²) >= 11 is 0. The monoisotopic (exact) mass is 326 g/mol. The quantitative estimate of drug-likeness (QED) is 0.640. The van der Waals surface area contributed by atoms with Crippen LogP contribution in [0.1, 0.15) is 22.3 Å². The molecule has 2 heterocycles. The topological polar surface area (TPSA) is 79.6 Å². The van der Waals surface area contributed by atoms with Crippen LogP contribution in [0.4, 0.5) is 17.2 Å². The van der Waals surface area contributed by atoms with E-state index in [1.807, 2.05) is 14.1 Å². The summed E-state index contributed by atoms with van der Waals surface area (Å²) < 4.78 is 0. The Hall–Kier alpha value is -2.96. The Morgan fingerprint density at radius 3 is 2.83 bits per heavy atom. The molecule has 1 amide bonds. The zero-order valence-corrected chi connectivity index (χ0v) is 13.6. The number of rotatable bonds is 3. The number of anilines is 2. The van der Waals surface area contributed by atoms with E-state index >= 15 is 0 Å². The van der Waals surface area contributed by atoms with Gasteiger partial charge in [0.2, 0.25) is 0 Å². The van der Waals surface area contributed by atoms with E-state index in [1.165, 1.54) is 12.1 Å². The first-order chi connectivity index (χ1) is 11.5. The number of amides is 1. The fourth-order valence-corrected chi connectivity index (χ4v) is 2.95. The standard InChI is InChI=1S/C17H18N4O3/c1-19(2)16-14(6-3-9-18-16)17(22)20-10-4-5-12-7-8-13(21(23)24)11-15(12)20/h3,6-9,11H,4-5,10H2,1-2H3. The lowest BCUT2D eigenvalue weighted by Crippen LogP contribution is -2.36. The van der Waals surface area contributed by atoms with Gasteiger partial charge in [-0.05, 0) is 30.5 Å². The summed E-state index contributed by atoms with van der Waals surface area (Å²) in [5.74, 6) is 0.397. The Kier molecular flexibility index (Phi) is 4.16. The zero-order chi connectivity index (χ0) is 17.3. The number of nitro benzene ring substituents is 1. The molecule has 0 radical (unpaired) electrons. The van der Waals surface area contributed by atoms with Crippen molar-refractivity contribution >= 4 is 23.1 Å². The van der Waals surface area contributed by atoms with Gasteiger partial charge in [0.1, 0.15) is 5.82 Å². The van der Waals surface area contributed by atoms with Gasteiger partial charge in [-0.2, -0.15) is 0 Å². The van der Waals surface area contributed by atoms with Crippen molar-refractivity contribution in [2.24, 2.45) is 0 Å². The summed E-state index contributed by atoms with van der Waals surface area (Å²) in [5, 5.41) is 11.1. The normalized spacial score (nSPS) is 13.3. The number of nitro groups is 1. The molecule has 0 spiro atoms. The summed E-state index contributed by atoms with van der Waals surface area (Å²) in [6.07, 6.45) is 3.28. The highest BCUT2D eigenvalue weighted by Crippen LogP contribution is 2.32. The maximum atomic E-state index is 13.1. The zero-order valence-electron chi connectivity index (χ0n) is 13.6. The lowest BCUT2D eigenvalue weighted by molar-refractivity contribution is -0.384. The van der Waals surface area contributed by atoms with Gasteiger partial charge in [0.15, 0.2) is 0 Å². The molecule has 0 aliphatic carbocycles. The summed E-state index contributed by atoms with van der Waals surface area (Å²) in [7, 11) is 3.65. The van der Waals surface area contributed by atoms with E-state index in [-0.39, 0.29) is 11.6 Å². The maximum Gasteiger partial charge on any atom is 0.271 e. The lowest BCUT2D eigenvalue weighted by atomic mass is 10.00. The maximum absolute atomic E-state index is 13.1. The number of aromatic nitrogens is 1. The van der Waals surface area contributed by atoms with Gasteiger partial charge in [-0.25, -0.2) is 4.98 Å². The molecule has 0 saturated carbocycles. The molecule has 0 fully saturated rings. The van der Waals surface area contributed by atoms with E-state index in [2.05, 4.69) is 4.98 Å². The number of non-ortho nitro benzene ring substituents is 1. The van der Waals surface area contributed by atoms with E-state index in [0.29, 0.717) is 23.6 Å². The van der Waals surface area contributed by atoms with Crippen LogP contribution >= 0.6 is 0 Å². The molecule has 1 aliphatic rings. The van der Waals surface area contributed by atoms with Crippen molar-refractivity contribution in [1.29, 1.82) is 0 Å². The van der Waals surface area contributed by atoms with E-state index in [4.69, 9.17) is 0 Å². The molecule has 1 aromatic heterocycles. The van der Waals surface area contributed by atoms with Crippen LogP contribution in [0.3, 0.4) is 0 Å². The molecular formula is C17H18N4O3. The van der Waals surface area contributed by atoms with Crippen LogP contribution in [-0.2, 0) is 6.42 Å². The van der Waals surface area contributed by atoms with Crippen molar-refractivity contribution < 1.29 is 9.72 Å². The minimum absolute atomic E-state index is 0.00697. The lowest BCUT2D eigenvalue weighted by Gasteiger charge is -2.30. The van der Waals surface area contributed by atoms with Crippen LogP contribution < -0.4 is 9.80 Å². The number of benzene rings is 1. The molecule has 1 aliphatic heterocycles. The van der Waals surface area contributed by atoms with Crippen LogP contribution in [0.2, 0.25) is 0 Å². The number of fused-ring (bicyclic) bond motifs is 1. The molecule has 2 aromatic rings. The fourth-order valence-electron chi connectivity index (χ4n) is 2.95. The molecule has 1 aromatic carbocycles. The van der Waals surface area contributed by atoms with Gasteiger partial charge in [0, 0.05) is 39.0 Å². The first-order valence-electron chi connectivity index (χ1n) is 7.70. The number of hydrogen-bond acceptors (Lipinski definition) is 5. The smallest absolute Gasteiger partial charge is 0.271 e. The average Bonchev–Trinajstić information content (AvgIpc) is 2.60. The van der Waals surface area contributed by atoms with Gasteiger partial charge >= 0.3 is 0 Å². The Bertz CT molecular complexity index is 804. The minimum atomic E-state index is -0.438. The van der Waals surface area contributed by atoms with Crippen LogP contribution in [0.15, 0.2) is 36.5 Å². The van der Waals surface area contributed by atoms with Gasteiger partial charge < -0.3 is 9.80 Å². The highest BCUT2D eigenvalue weighted by molar-refractivity contribution is 6.09. The number of carbonyl (C=O) groups is 1. The second-order valence-corrected chi connectivity index (χ2v) is 5.90. The third-order valence-electron chi connectivity index (χ3n) is 4.08. The van der Waals surface area contributed by atoms with Gasteiger partial charge in [0.05, 0.1) is 16.2 Å². The first kappa shape index (κ1) is 15.9. The first-order valence-corrected chi connectivity index (χ1v) is 7.70. The summed E-state index contributed by atoms with van der Waals surface area (Å²) in [6.45, 7) is 0.536. The highest BCUT2D eigenvalue weighted by atomic mass is 16.6. The molecule has 3 rings (SSSR count). The molecule has 7 heteroatoms. The molecular weight excluding hydrogens is 308 g/mol. The van der Waals surface area contributed by atoms with Gasteiger partial charge in [-0.3, -0.25) is 14.9 Å². The van der Waals surface area contributed by atoms with E-state index in [0.717, 1.165) is 18.4 Å². The molecule has 0 unspecified atom stereocenters. The molecule has 24 heavy (non-hydrogen) atoms. The van der Waals surface area contributed by atoms with Gasteiger partial charge in [0.25, 0.3) is 11.6 Å². The molecule has 0 saturated heterocycles. The highest BCUT2D eigenvalue weighted by Gasteiger charge is 2.27. The Morgan fingerprint density at radius 2 is 2.12 bits per heavy atom. The number of aryl methyl sites for hydroxylation is 1. The Labute approximate surface area is 139 Å². The van der Waals surface area contributed by atoms with Crippen LogP contribution in [0.25, 0.3) is 0 Å². The van der Waals surface area contributed by atoms with Crippen molar-refractivity contribution in [2.75, 3.05) is 30.4 Å². The van der Waals surface area contributed by atoms with Gasteiger partial charge in [-0.1, -0.05) is 6.07 Å². The van der Waals surface area contributed by atoms with E-state index in [1.54, 1.807) is 34.2 Å². The fraction of sp³-hybridized carbons (Fsp3) is 0.294. The Morgan fingerprint density at radius 1 is 1.33 bits per heavy atom. The van der Waals surface area contributed by atoms with Gasteiger partial charge in [-0.15, -0.1) is 0 Å². The molecule has 0 bridgehead atoms. The number of nitrogens with zero attached hydrogens (tertiary/aromatic N) is 4. The van der Waals surface area contributed by atoms with Crippen molar-refractivity contribution in [3.05, 3.63) is 57.8 Å². The second-order valence-electron chi connectivity index (χ2n) is 5.90. The van der Waals surface area contributed by atoms with E-state index in [9.17, 15) is 14.9 Å². The third-order valence-corrected chi connectivity index (χ3v) is 4.08. The SMILES string of the molecule is CN(C)c1ncccc1C(=O)N1CCCc2ccc([N+](=O)[O-])cc21. The number of pyridine rings is 1. The molecule has 7 nitrogen and oxygen atoms in total. The number of hydrogen-bond donors (Lipinski definition) is 0. The summed E-state index contributed by atoms with van der Waals surface area (Å²) in [6, 6.07) is 8.16. The predicted molar refractivity (Wildman–Crippen MR) is 91.7 cm³/mol. The largest absolute Gasteiger partial charge is 0.362 e. The Balaban J connectivity index is 2.05. The van der Waals surface area contributed by atoms with Crippen LogP contribution in [-0.4, -0.2) is 36.5 Å². The van der Waals surface area contributed by atoms with Crippen molar-refractivity contribution in [2.45, 2.75) is 12.8 Å². The van der Waals surface area contributed by atoms with Crippen LogP contribution in [0.5, 0.6) is 0 Å². The van der Waals surface area contributed by atoms with Crippen molar-refractivity contribution in [1.82, 2.24) is 4.98 Å². The third kappa shape index (κ3) is 2.80. The minimum Gasteiger partial charge on any atom is -0.362 e. The van der Waals surface area contributed by atoms with Crippen molar-refractivity contribution in [3.63, 3.8) is 0 Å². The summed E-state index contributed by atoms with van der Waals surface area (Å²) in [4.78, 5) is 31.4. The number of carbonyl (C=O) groups excluding carboxylic acids is 1.